The van der Waals surface area contributed by atoms with Crippen LogP contribution in [0.2, 0.25) is 0 Å². The van der Waals surface area contributed by atoms with Gasteiger partial charge in [-0.05, 0) is 12.8 Å². The third kappa shape index (κ3) is 3.79. The summed E-state index contributed by atoms with van der Waals surface area (Å²) in [7, 11) is -2.11. The van der Waals surface area contributed by atoms with E-state index in [1.54, 1.807) is 0 Å². The molecule has 0 radical (unpaired) electrons. The molecule has 0 saturated heterocycles. The lowest BCUT2D eigenvalue weighted by Crippen LogP contribution is -2.38. The summed E-state index contributed by atoms with van der Waals surface area (Å²) in [6.45, 7) is -0.269. The largest absolute Gasteiger partial charge is 0.468 e. The zero-order valence-electron chi connectivity index (χ0n) is 8.86. The maximum Gasteiger partial charge on any atom is 0.320 e. The maximum atomic E-state index is 11.7. The quantitative estimate of drug-likeness (QED) is 0.716. The van der Waals surface area contributed by atoms with E-state index in [1.165, 1.54) is 7.11 Å². The topological polar surface area (TPSA) is 72.5 Å². The second-order valence-corrected chi connectivity index (χ2v) is 5.75. The van der Waals surface area contributed by atoms with Crippen LogP contribution in [0.4, 0.5) is 0 Å². The number of ether oxygens (including phenoxy) is 1. The van der Waals surface area contributed by atoms with Crippen LogP contribution in [0.5, 0.6) is 0 Å². The highest BCUT2D eigenvalue weighted by atomic mass is 32.2. The summed E-state index contributed by atoms with van der Waals surface area (Å²) < 4.78 is 30.0. The summed E-state index contributed by atoms with van der Waals surface area (Å²) in [5.74, 6) is -0.561. The molecule has 0 bridgehead atoms. The molecular formula is C9H17NO4S. The second kappa shape index (κ2) is 5.46. The number of methoxy groups -OCH3 is 1. The van der Waals surface area contributed by atoms with Gasteiger partial charge in [-0.2, -0.15) is 0 Å². The van der Waals surface area contributed by atoms with Gasteiger partial charge in [0.05, 0.1) is 12.4 Å². The van der Waals surface area contributed by atoms with Crippen LogP contribution in [0.3, 0.4) is 0 Å². The summed E-state index contributed by atoms with van der Waals surface area (Å²) in [5, 5.41) is -0.337. The number of sulfonamides is 1. The molecule has 0 heterocycles. The van der Waals surface area contributed by atoms with E-state index in [9.17, 15) is 13.2 Å². The van der Waals surface area contributed by atoms with E-state index in [0.717, 1.165) is 19.3 Å². The first kappa shape index (κ1) is 12.4. The van der Waals surface area contributed by atoms with Crippen molar-refractivity contribution in [2.75, 3.05) is 13.7 Å². The second-order valence-electron chi connectivity index (χ2n) is 3.70. The van der Waals surface area contributed by atoms with Crippen molar-refractivity contribution in [3.63, 3.8) is 0 Å². The molecule has 1 aliphatic carbocycles. The van der Waals surface area contributed by atoms with Gasteiger partial charge < -0.3 is 4.74 Å². The molecule has 6 heteroatoms. The van der Waals surface area contributed by atoms with Crippen LogP contribution in [0, 0.1) is 0 Å². The highest BCUT2D eigenvalue weighted by molar-refractivity contribution is 7.90. The van der Waals surface area contributed by atoms with E-state index >= 15 is 0 Å². The first-order valence-electron chi connectivity index (χ1n) is 5.11. The van der Waals surface area contributed by atoms with E-state index in [4.69, 9.17) is 0 Å². The van der Waals surface area contributed by atoms with Gasteiger partial charge >= 0.3 is 5.97 Å². The average Bonchev–Trinajstić information content (AvgIpc) is 2.27. The van der Waals surface area contributed by atoms with Crippen LogP contribution in [0.25, 0.3) is 0 Å². The van der Waals surface area contributed by atoms with Crippen molar-refractivity contribution in [3.8, 4) is 0 Å². The Bertz CT molecular complexity index is 306. The lowest BCUT2D eigenvalue weighted by molar-refractivity contribution is -0.139. The fourth-order valence-electron chi connectivity index (χ4n) is 1.72. The summed E-state index contributed by atoms with van der Waals surface area (Å²) in [5.41, 5.74) is 0. The van der Waals surface area contributed by atoms with Crippen molar-refractivity contribution in [2.24, 2.45) is 0 Å². The lowest BCUT2D eigenvalue weighted by atomic mass is 10.0. The molecule has 0 unspecified atom stereocenters. The molecular weight excluding hydrogens is 218 g/mol. The van der Waals surface area contributed by atoms with Crippen molar-refractivity contribution >= 4 is 16.0 Å². The van der Waals surface area contributed by atoms with Crippen molar-refractivity contribution < 1.29 is 17.9 Å². The predicted octanol–water partition coefficient (Wildman–Crippen LogP) is 0.411. The molecule has 1 saturated carbocycles. The fraction of sp³-hybridized carbons (Fsp3) is 0.889. The number of hydrogen-bond acceptors (Lipinski definition) is 4. The number of carbonyl (C=O) groups is 1. The maximum absolute atomic E-state index is 11.7. The van der Waals surface area contributed by atoms with Gasteiger partial charge in [-0.1, -0.05) is 19.3 Å². The predicted molar refractivity (Wildman–Crippen MR) is 55.8 cm³/mol. The number of hydrogen-bond donors (Lipinski definition) is 1. The molecule has 0 amide bonds. The highest BCUT2D eigenvalue weighted by Crippen LogP contribution is 2.22. The number of nitrogens with one attached hydrogen (secondary N) is 1. The summed E-state index contributed by atoms with van der Waals surface area (Å²) in [4.78, 5) is 10.8. The van der Waals surface area contributed by atoms with E-state index in [1.807, 2.05) is 0 Å². The van der Waals surface area contributed by atoms with Gasteiger partial charge in [0.1, 0.15) is 6.54 Å². The van der Waals surface area contributed by atoms with Gasteiger partial charge in [0, 0.05) is 0 Å². The van der Waals surface area contributed by atoms with E-state index in [0.29, 0.717) is 12.8 Å². The van der Waals surface area contributed by atoms with Crippen LogP contribution >= 0.6 is 0 Å². The Kier molecular flexibility index (Phi) is 4.53. The normalized spacial score (nSPS) is 18.7. The van der Waals surface area contributed by atoms with Crippen LogP contribution in [-0.4, -0.2) is 33.3 Å². The van der Waals surface area contributed by atoms with Gasteiger partial charge in [0.15, 0.2) is 0 Å². The van der Waals surface area contributed by atoms with E-state index in [-0.39, 0.29) is 11.8 Å². The van der Waals surface area contributed by atoms with Gasteiger partial charge in [-0.15, -0.1) is 0 Å². The smallest absolute Gasteiger partial charge is 0.320 e. The summed E-state index contributed by atoms with van der Waals surface area (Å²) >= 11 is 0. The van der Waals surface area contributed by atoms with Gasteiger partial charge in [-0.3, -0.25) is 4.79 Å². The molecule has 0 aromatic heterocycles. The van der Waals surface area contributed by atoms with Crippen molar-refractivity contribution in [3.05, 3.63) is 0 Å². The molecule has 0 atom stereocenters. The molecule has 1 fully saturated rings. The highest BCUT2D eigenvalue weighted by Gasteiger charge is 2.27. The Balaban J connectivity index is 2.46. The molecule has 88 valence electrons. The minimum atomic E-state index is -3.34. The Morgan fingerprint density at radius 3 is 2.47 bits per heavy atom. The zero-order chi connectivity index (χ0) is 11.3. The van der Waals surface area contributed by atoms with Gasteiger partial charge in [0.2, 0.25) is 10.0 Å². The van der Waals surface area contributed by atoms with E-state index in [2.05, 4.69) is 9.46 Å². The number of carbonyl (C=O) groups excluding carboxylic acids is 1. The summed E-state index contributed by atoms with van der Waals surface area (Å²) in [6.07, 6.45) is 4.38. The fourth-order valence-corrected chi connectivity index (χ4v) is 3.23. The minimum absolute atomic E-state index is 0.269. The Hall–Kier alpha value is -0.620. The average molecular weight is 235 g/mol. The van der Waals surface area contributed by atoms with Gasteiger partial charge in [0.25, 0.3) is 0 Å². The molecule has 1 rings (SSSR count). The van der Waals surface area contributed by atoms with Crippen LogP contribution in [0.15, 0.2) is 0 Å². The van der Waals surface area contributed by atoms with E-state index < -0.39 is 16.0 Å². The molecule has 5 nitrogen and oxygen atoms in total. The summed E-state index contributed by atoms with van der Waals surface area (Å²) in [6, 6.07) is 0. The minimum Gasteiger partial charge on any atom is -0.468 e. The Labute approximate surface area is 90.2 Å². The first-order chi connectivity index (χ1) is 7.06. The van der Waals surface area contributed by atoms with Crippen molar-refractivity contribution in [2.45, 2.75) is 37.4 Å². The third-order valence-corrected chi connectivity index (χ3v) is 4.53. The molecule has 0 aromatic carbocycles. The third-order valence-electron chi connectivity index (χ3n) is 2.64. The zero-order valence-corrected chi connectivity index (χ0v) is 9.68. The van der Waals surface area contributed by atoms with Crippen LogP contribution in [0.1, 0.15) is 32.1 Å². The Morgan fingerprint density at radius 2 is 1.93 bits per heavy atom. The standard InChI is InChI=1S/C9H17NO4S/c1-14-9(11)7-10-15(12,13)8-5-3-2-4-6-8/h8,10H,2-7H2,1H3. The molecule has 0 spiro atoms. The van der Waals surface area contributed by atoms with Gasteiger partial charge in [-0.25, -0.2) is 13.1 Å². The Morgan fingerprint density at radius 1 is 1.33 bits per heavy atom. The molecule has 1 aliphatic rings. The monoisotopic (exact) mass is 235 g/mol. The van der Waals surface area contributed by atoms with Crippen molar-refractivity contribution in [1.29, 1.82) is 0 Å². The molecule has 1 N–H and O–H groups in total. The number of esters is 1. The number of rotatable bonds is 4. The molecule has 0 aliphatic heterocycles. The first-order valence-corrected chi connectivity index (χ1v) is 6.66. The molecule has 15 heavy (non-hydrogen) atoms. The SMILES string of the molecule is COC(=O)CNS(=O)(=O)C1CCCCC1. The van der Waals surface area contributed by atoms with Crippen molar-refractivity contribution in [1.82, 2.24) is 4.72 Å². The lowest BCUT2D eigenvalue weighted by Gasteiger charge is -2.21. The van der Waals surface area contributed by atoms with Crippen LogP contribution in [-0.2, 0) is 19.6 Å². The molecule has 0 aromatic rings. The van der Waals surface area contributed by atoms with Crippen LogP contribution < -0.4 is 4.72 Å².